The highest BCUT2D eigenvalue weighted by atomic mass is 16.6. The summed E-state index contributed by atoms with van der Waals surface area (Å²) in [6, 6.07) is 0. The van der Waals surface area contributed by atoms with Crippen molar-refractivity contribution in [2.75, 3.05) is 25.1 Å². The topological polar surface area (TPSA) is 166 Å². The van der Waals surface area contributed by atoms with Crippen molar-refractivity contribution in [3.63, 3.8) is 0 Å². The van der Waals surface area contributed by atoms with Gasteiger partial charge in [0.1, 0.15) is 37.1 Å². The van der Waals surface area contributed by atoms with E-state index in [4.69, 9.17) is 9.84 Å². The second kappa shape index (κ2) is 8.42. The van der Waals surface area contributed by atoms with Crippen LogP contribution in [0.2, 0.25) is 0 Å². The van der Waals surface area contributed by atoms with Crippen LogP contribution < -0.4 is 5.32 Å². The van der Waals surface area contributed by atoms with Crippen molar-refractivity contribution < 1.29 is 30.3 Å². The summed E-state index contributed by atoms with van der Waals surface area (Å²) >= 11 is 0. The average Bonchev–Trinajstić information content (AvgIpc) is 3.17. The SMILES string of the molecule is CC(CO)CCNc1ncn(C2O[C@H](CO)[C@@H](O)[C@H](O)[C@H]2O)c2ncnc1-2. The van der Waals surface area contributed by atoms with Gasteiger partial charge in [0.15, 0.2) is 23.6 Å². The number of nitrogens with zero attached hydrogens (tertiary/aromatic N) is 4. The van der Waals surface area contributed by atoms with E-state index < -0.39 is 37.3 Å². The van der Waals surface area contributed by atoms with E-state index in [0.29, 0.717) is 23.9 Å². The highest BCUT2D eigenvalue weighted by Crippen LogP contribution is 2.33. The number of fused-ring (bicyclic) bond motifs is 1. The predicted octanol–water partition coefficient (Wildman–Crippen LogP) is -1.82. The van der Waals surface area contributed by atoms with Crippen LogP contribution >= 0.6 is 0 Å². The van der Waals surface area contributed by atoms with E-state index in [2.05, 4.69) is 20.3 Å². The van der Waals surface area contributed by atoms with E-state index in [9.17, 15) is 20.4 Å². The third-order valence-corrected chi connectivity index (χ3v) is 4.74. The maximum Gasteiger partial charge on any atom is 0.167 e. The number of rotatable bonds is 7. The first-order chi connectivity index (χ1) is 13.0. The minimum absolute atomic E-state index is 0.104. The van der Waals surface area contributed by atoms with Crippen LogP contribution in [0, 0.1) is 5.92 Å². The van der Waals surface area contributed by atoms with Crippen molar-refractivity contribution in [1.82, 2.24) is 19.5 Å². The fourth-order valence-corrected chi connectivity index (χ4v) is 3.01. The Morgan fingerprint density at radius 2 is 1.93 bits per heavy atom. The van der Waals surface area contributed by atoms with E-state index in [1.54, 1.807) is 0 Å². The smallest absolute Gasteiger partial charge is 0.167 e. The number of imidazole rings is 1. The Morgan fingerprint density at radius 1 is 1.15 bits per heavy atom. The number of anilines is 1. The van der Waals surface area contributed by atoms with Gasteiger partial charge in [-0.05, 0) is 12.3 Å². The zero-order valence-corrected chi connectivity index (χ0v) is 14.9. The molecule has 1 fully saturated rings. The fourth-order valence-electron chi connectivity index (χ4n) is 3.01. The zero-order valence-electron chi connectivity index (χ0n) is 14.9. The van der Waals surface area contributed by atoms with Gasteiger partial charge in [0.2, 0.25) is 0 Å². The van der Waals surface area contributed by atoms with Crippen LogP contribution in [0.1, 0.15) is 19.6 Å². The summed E-state index contributed by atoms with van der Waals surface area (Å²) in [5.41, 5.74) is 0.450. The molecule has 0 aromatic rings. The first-order valence-corrected chi connectivity index (χ1v) is 8.80. The Hall–Kier alpha value is -1.89. The molecule has 3 rings (SSSR count). The third-order valence-electron chi connectivity index (χ3n) is 4.74. The molecule has 0 saturated carbocycles. The van der Waals surface area contributed by atoms with Crippen molar-refractivity contribution in [1.29, 1.82) is 0 Å². The molecular weight excluding hydrogens is 358 g/mol. The first kappa shape index (κ1) is 19.9. The van der Waals surface area contributed by atoms with Gasteiger partial charge in [0, 0.05) is 13.2 Å². The zero-order chi connectivity index (χ0) is 19.6. The molecule has 1 saturated heterocycles. The maximum absolute atomic E-state index is 10.3. The minimum Gasteiger partial charge on any atom is -0.396 e. The molecule has 11 nitrogen and oxygen atoms in total. The van der Waals surface area contributed by atoms with Gasteiger partial charge >= 0.3 is 0 Å². The summed E-state index contributed by atoms with van der Waals surface area (Å²) in [5.74, 6) is 1.02. The van der Waals surface area contributed by atoms with Crippen molar-refractivity contribution >= 4 is 5.82 Å². The normalized spacial score (nSPS) is 29.8. The summed E-state index contributed by atoms with van der Waals surface area (Å²) in [7, 11) is 0. The van der Waals surface area contributed by atoms with Gasteiger partial charge in [-0.3, -0.25) is 4.57 Å². The molecule has 0 bridgehead atoms. The Morgan fingerprint density at radius 3 is 2.63 bits per heavy atom. The maximum atomic E-state index is 10.3. The summed E-state index contributed by atoms with van der Waals surface area (Å²) < 4.78 is 6.97. The highest BCUT2D eigenvalue weighted by Gasteiger charge is 2.45. The monoisotopic (exact) mass is 383 g/mol. The molecule has 6 atom stereocenters. The molecule has 2 unspecified atom stereocenters. The molecule has 27 heavy (non-hydrogen) atoms. The van der Waals surface area contributed by atoms with Crippen LogP contribution in [0.3, 0.4) is 0 Å². The second-order valence-corrected chi connectivity index (χ2v) is 6.77. The number of hydrogen-bond acceptors (Lipinski definition) is 10. The molecular formula is C16H25N5O6. The lowest BCUT2D eigenvalue weighted by atomic mass is 9.98. The molecule has 150 valence electrons. The van der Waals surface area contributed by atoms with Crippen LogP contribution in [0.15, 0.2) is 12.7 Å². The number of aliphatic hydroxyl groups is 5. The number of nitrogens with one attached hydrogen (secondary N) is 1. The lowest BCUT2D eigenvalue weighted by molar-refractivity contribution is -0.251. The molecule has 6 N–H and O–H groups in total. The van der Waals surface area contributed by atoms with Gasteiger partial charge < -0.3 is 35.6 Å². The predicted molar refractivity (Wildman–Crippen MR) is 92.8 cm³/mol. The van der Waals surface area contributed by atoms with Gasteiger partial charge in [0.25, 0.3) is 0 Å². The van der Waals surface area contributed by atoms with E-state index in [-0.39, 0.29) is 12.5 Å². The van der Waals surface area contributed by atoms with Crippen LogP contribution in [0.25, 0.3) is 11.5 Å². The van der Waals surface area contributed by atoms with Gasteiger partial charge in [0.05, 0.1) is 6.61 Å². The quantitative estimate of drug-likeness (QED) is 0.320. The summed E-state index contributed by atoms with van der Waals surface area (Å²) in [6.07, 6.45) is -3.04. The summed E-state index contributed by atoms with van der Waals surface area (Å²) in [6.45, 7) is 2.10. The van der Waals surface area contributed by atoms with Gasteiger partial charge in [-0.25, -0.2) is 15.0 Å². The minimum atomic E-state index is -1.50. The Balaban J connectivity index is 1.83. The van der Waals surface area contributed by atoms with Crippen LogP contribution in [-0.2, 0) is 4.74 Å². The van der Waals surface area contributed by atoms with E-state index in [0.717, 1.165) is 6.42 Å². The second-order valence-electron chi connectivity index (χ2n) is 6.77. The lowest BCUT2D eigenvalue weighted by Crippen LogP contribution is -2.56. The largest absolute Gasteiger partial charge is 0.396 e. The van der Waals surface area contributed by atoms with Crippen molar-refractivity contribution in [3.05, 3.63) is 12.7 Å². The third kappa shape index (κ3) is 3.88. The Kier molecular flexibility index (Phi) is 6.19. The number of ether oxygens (including phenoxy) is 1. The summed E-state index contributed by atoms with van der Waals surface area (Å²) in [4.78, 5) is 12.7. The average molecular weight is 383 g/mol. The number of hydrogen-bond donors (Lipinski definition) is 6. The Bertz CT molecular complexity index is 713. The lowest BCUT2D eigenvalue weighted by Gasteiger charge is -2.41. The van der Waals surface area contributed by atoms with Crippen LogP contribution in [0.4, 0.5) is 5.82 Å². The molecule has 3 heterocycles. The van der Waals surface area contributed by atoms with Crippen molar-refractivity contribution in [3.8, 4) is 11.5 Å². The molecule has 11 heteroatoms. The molecule has 0 spiro atoms. The first-order valence-electron chi connectivity index (χ1n) is 8.80. The van der Waals surface area contributed by atoms with Gasteiger partial charge in [-0.2, -0.15) is 0 Å². The summed E-state index contributed by atoms with van der Waals surface area (Å²) in [5, 5.41) is 51.8. The highest BCUT2D eigenvalue weighted by molar-refractivity contribution is 5.66. The molecule has 0 aromatic carbocycles. The van der Waals surface area contributed by atoms with Crippen LogP contribution in [-0.4, -0.2) is 89.2 Å². The number of aliphatic hydroxyl groups excluding tert-OH is 5. The van der Waals surface area contributed by atoms with E-state index in [1.165, 1.54) is 17.2 Å². The van der Waals surface area contributed by atoms with Crippen molar-refractivity contribution in [2.24, 2.45) is 5.92 Å². The van der Waals surface area contributed by atoms with Crippen molar-refractivity contribution in [2.45, 2.75) is 44.0 Å². The van der Waals surface area contributed by atoms with Crippen LogP contribution in [0.5, 0.6) is 0 Å². The molecule has 3 aliphatic rings. The van der Waals surface area contributed by atoms with Gasteiger partial charge in [-0.15, -0.1) is 0 Å². The fraction of sp³-hybridized carbons (Fsp3) is 0.688. The standard InChI is InChI=1S/C16H25N5O6/c1-8(4-22)2-3-17-14-10-15(19-6-18-10)21(7-20-14)16-13(26)12(25)11(24)9(5-23)27-16/h6-9,11-13,16-17,22-26H,2-5H2,1H3/t8?,9-,11-,12+,13-,16?/m1/s1. The number of aromatic nitrogens is 4. The molecule has 0 amide bonds. The molecule has 3 aliphatic heterocycles. The Labute approximate surface area is 155 Å². The molecule has 0 aromatic heterocycles. The molecule has 0 radical (unpaired) electrons. The van der Waals surface area contributed by atoms with E-state index >= 15 is 0 Å². The molecule has 0 aliphatic carbocycles. The van der Waals surface area contributed by atoms with Gasteiger partial charge in [-0.1, -0.05) is 6.92 Å². The van der Waals surface area contributed by atoms with E-state index in [1.807, 2.05) is 6.92 Å².